The van der Waals surface area contributed by atoms with E-state index >= 15 is 0 Å². The molecule has 0 radical (unpaired) electrons. The number of hydrogen-bond donors (Lipinski definition) is 1. The molecule has 1 aliphatic heterocycles. The second-order valence-electron chi connectivity index (χ2n) is 6.93. The Hall–Kier alpha value is -3.34. The number of ether oxygens (including phenoxy) is 2. The third-order valence-corrected chi connectivity index (χ3v) is 3.96. The fourth-order valence-electron chi connectivity index (χ4n) is 2.86. The van der Waals surface area contributed by atoms with Crippen molar-refractivity contribution in [3.63, 3.8) is 0 Å². The lowest BCUT2D eigenvalue weighted by molar-refractivity contribution is -0.138. The van der Waals surface area contributed by atoms with Crippen LogP contribution in [0.3, 0.4) is 0 Å². The van der Waals surface area contributed by atoms with Gasteiger partial charge in [0.1, 0.15) is 5.60 Å². The summed E-state index contributed by atoms with van der Waals surface area (Å²) in [5, 5.41) is 10.8. The second kappa shape index (κ2) is 7.11. The molecule has 2 amide bonds. The minimum Gasteiger partial charge on any atom is -0.466 e. The van der Waals surface area contributed by atoms with Gasteiger partial charge in [0.05, 0.1) is 24.4 Å². The van der Waals surface area contributed by atoms with Crippen molar-refractivity contribution in [2.45, 2.75) is 38.7 Å². The Morgan fingerprint density at radius 3 is 2.30 bits per heavy atom. The third kappa shape index (κ3) is 3.49. The number of nitriles is 1. The normalized spacial score (nSPS) is 19.6. The van der Waals surface area contributed by atoms with Crippen LogP contribution in [-0.2, 0) is 24.5 Å². The Bertz CT molecular complexity index is 848. The zero-order chi connectivity index (χ0) is 20.4. The Labute approximate surface area is 157 Å². The number of amides is 2. The Morgan fingerprint density at radius 2 is 1.81 bits per heavy atom. The summed E-state index contributed by atoms with van der Waals surface area (Å²) in [7, 11) is 1.16. The molecular formula is C19H21N3O5. The number of carbonyl (C=O) groups is 3. The molecule has 1 atom stereocenters. The molecule has 0 aliphatic carbocycles. The topological polar surface area (TPSA) is 109 Å². The summed E-state index contributed by atoms with van der Waals surface area (Å²) in [6, 6.07) is 10.1. The Morgan fingerprint density at radius 1 is 1.22 bits per heavy atom. The molecule has 142 valence electrons. The van der Waals surface area contributed by atoms with E-state index < -0.39 is 29.0 Å². The Kier molecular flexibility index (Phi) is 5.26. The van der Waals surface area contributed by atoms with E-state index in [9.17, 15) is 19.6 Å². The largest absolute Gasteiger partial charge is 0.466 e. The van der Waals surface area contributed by atoms with Crippen molar-refractivity contribution in [3.05, 3.63) is 47.2 Å². The van der Waals surface area contributed by atoms with E-state index in [1.807, 2.05) is 6.07 Å². The minimum absolute atomic E-state index is 0.0862. The summed E-state index contributed by atoms with van der Waals surface area (Å²) in [6.07, 6.45) is -0.888. The van der Waals surface area contributed by atoms with Crippen LogP contribution in [0.5, 0.6) is 0 Å². The van der Waals surface area contributed by atoms with Gasteiger partial charge in [-0.25, -0.2) is 20.0 Å². The van der Waals surface area contributed by atoms with E-state index in [1.54, 1.807) is 51.1 Å². The summed E-state index contributed by atoms with van der Waals surface area (Å²) >= 11 is 0. The van der Waals surface area contributed by atoms with Gasteiger partial charge < -0.3 is 9.47 Å². The van der Waals surface area contributed by atoms with Crippen LogP contribution in [0.4, 0.5) is 4.79 Å². The molecule has 1 unspecified atom stereocenters. The average Bonchev–Trinajstić information content (AvgIpc) is 2.82. The van der Waals surface area contributed by atoms with Crippen molar-refractivity contribution in [1.29, 1.82) is 5.26 Å². The lowest BCUT2D eigenvalue weighted by Gasteiger charge is -2.26. The highest BCUT2D eigenvalue weighted by Gasteiger charge is 2.57. The highest BCUT2D eigenvalue weighted by Crippen LogP contribution is 2.42. The summed E-state index contributed by atoms with van der Waals surface area (Å²) in [5.74, 6) is -1.63. The van der Waals surface area contributed by atoms with Crippen molar-refractivity contribution in [2.24, 2.45) is 0 Å². The lowest BCUT2D eigenvalue weighted by Crippen LogP contribution is -2.49. The minimum atomic E-state index is -1.94. The van der Waals surface area contributed by atoms with Gasteiger partial charge in [0.15, 0.2) is 5.41 Å². The third-order valence-electron chi connectivity index (χ3n) is 3.96. The number of carbonyl (C=O) groups excluding carboxylic acids is 3. The number of hydrazine groups is 1. The monoisotopic (exact) mass is 371 g/mol. The van der Waals surface area contributed by atoms with Gasteiger partial charge in [0.2, 0.25) is 0 Å². The molecule has 0 fully saturated rings. The predicted molar refractivity (Wildman–Crippen MR) is 94.7 cm³/mol. The molecule has 0 saturated heterocycles. The predicted octanol–water partition coefficient (Wildman–Crippen LogP) is 2.18. The number of rotatable bonds is 3. The molecule has 0 bridgehead atoms. The molecule has 1 aromatic carbocycles. The second-order valence-corrected chi connectivity index (χ2v) is 6.93. The number of methoxy groups -OCH3 is 1. The van der Waals surface area contributed by atoms with Crippen LogP contribution in [0.15, 0.2) is 41.6 Å². The van der Waals surface area contributed by atoms with Gasteiger partial charge in [-0.05, 0) is 33.3 Å². The van der Waals surface area contributed by atoms with Crippen molar-refractivity contribution >= 4 is 18.0 Å². The molecule has 2 rings (SSSR count). The Balaban J connectivity index is 2.57. The van der Waals surface area contributed by atoms with E-state index in [2.05, 4.69) is 5.43 Å². The van der Waals surface area contributed by atoms with Crippen LogP contribution in [0.1, 0.15) is 33.3 Å². The van der Waals surface area contributed by atoms with E-state index in [0.29, 0.717) is 5.56 Å². The number of allylic oxidation sites excluding steroid dienone is 1. The number of esters is 1. The van der Waals surface area contributed by atoms with Crippen molar-refractivity contribution in [3.8, 4) is 6.07 Å². The van der Waals surface area contributed by atoms with E-state index in [1.165, 1.54) is 6.92 Å². The standard InChI is InChI=1S/C19H21N3O5/c1-12-14(15(23)26-5)19(11-20,13-9-7-6-8-10-13)16(24)22(12)21-17(25)27-18(2,3)4/h6-10H,1-5H3,(H,21,25). The first-order valence-corrected chi connectivity index (χ1v) is 8.19. The zero-order valence-corrected chi connectivity index (χ0v) is 15.8. The van der Waals surface area contributed by atoms with Crippen LogP contribution < -0.4 is 5.43 Å². The fourth-order valence-corrected chi connectivity index (χ4v) is 2.86. The quantitative estimate of drug-likeness (QED) is 0.816. The van der Waals surface area contributed by atoms with Crippen LogP contribution in [0, 0.1) is 11.3 Å². The van der Waals surface area contributed by atoms with Crippen molar-refractivity contribution in [1.82, 2.24) is 10.4 Å². The number of benzene rings is 1. The average molecular weight is 371 g/mol. The van der Waals surface area contributed by atoms with Crippen LogP contribution >= 0.6 is 0 Å². The van der Waals surface area contributed by atoms with Crippen LogP contribution in [-0.4, -0.2) is 35.7 Å². The smallest absolute Gasteiger partial charge is 0.427 e. The summed E-state index contributed by atoms with van der Waals surface area (Å²) in [4.78, 5) is 37.7. The summed E-state index contributed by atoms with van der Waals surface area (Å²) < 4.78 is 9.95. The number of nitrogens with zero attached hydrogens (tertiary/aromatic N) is 2. The summed E-state index contributed by atoms with van der Waals surface area (Å²) in [6.45, 7) is 6.46. The highest BCUT2D eigenvalue weighted by atomic mass is 16.6. The van der Waals surface area contributed by atoms with Crippen molar-refractivity contribution in [2.75, 3.05) is 7.11 Å². The first-order chi connectivity index (χ1) is 12.6. The van der Waals surface area contributed by atoms with Gasteiger partial charge in [-0.2, -0.15) is 5.26 Å². The maximum atomic E-state index is 13.2. The maximum absolute atomic E-state index is 13.2. The molecule has 1 N–H and O–H groups in total. The zero-order valence-electron chi connectivity index (χ0n) is 15.8. The molecule has 0 spiro atoms. The highest BCUT2D eigenvalue weighted by molar-refractivity contribution is 6.11. The van der Waals surface area contributed by atoms with Gasteiger partial charge in [0, 0.05) is 0 Å². The first-order valence-electron chi connectivity index (χ1n) is 8.19. The van der Waals surface area contributed by atoms with Gasteiger partial charge in [-0.1, -0.05) is 30.3 Å². The molecule has 0 saturated carbocycles. The summed E-state index contributed by atoms with van der Waals surface area (Å²) in [5.41, 5.74) is -0.189. The SMILES string of the molecule is COC(=O)C1=C(C)N(NC(=O)OC(C)(C)C)C(=O)C1(C#N)c1ccccc1. The maximum Gasteiger partial charge on any atom is 0.427 e. The van der Waals surface area contributed by atoms with E-state index in [0.717, 1.165) is 12.1 Å². The lowest BCUT2D eigenvalue weighted by atomic mass is 9.76. The first kappa shape index (κ1) is 20.0. The number of hydrogen-bond acceptors (Lipinski definition) is 6. The van der Waals surface area contributed by atoms with E-state index in [-0.39, 0.29) is 11.3 Å². The van der Waals surface area contributed by atoms with Crippen molar-refractivity contribution < 1.29 is 23.9 Å². The molecular weight excluding hydrogens is 350 g/mol. The van der Waals surface area contributed by atoms with E-state index in [4.69, 9.17) is 9.47 Å². The number of nitrogens with one attached hydrogen (secondary N) is 1. The molecule has 27 heavy (non-hydrogen) atoms. The van der Waals surface area contributed by atoms with Crippen LogP contribution in [0.2, 0.25) is 0 Å². The molecule has 1 heterocycles. The van der Waals surface area contributed by atoms with Gasteiger partial charge in [-0.15, -0.1) is 0 Å². The molecule has 8 heteroatoms. The van der Waals surface area contributed by atoms with Gasteiger partial charge in [-0.3, -0.25) is 4.79 Å². The van der Waals surface area contributed by atoms with Crippen LogP contribution in [0.25, 0.3) is 0 Å². The van der Waals surface area contributed by atoms with Gasteiger partial charge in [0.25, 0.3) is 5.91 Å². The van der Waals surface area contributed by atoms with Gasteiger partial charge >= 0.3 is 12.1 Å². The molecule has 1 aliphatic rings. The fraction of sp³-hybridized carbons (Fsp3) is 0.368. The molecule has 8 nitrogen and oxygen atoms in total. The molecule has 1 aromatic rings. The molecule has 0 aromatic heterocycles.